The second kappa shape index (κ2) is 5.13. The minimum atomic E-state index is -0.610. The number of carbonyl (C=O) groups is 1. The molecule has 1 rings (SSSR count). The third-order valence-electron chi connectivity index (χ3n) is 2.08. The SMILES string of the molecule is COC(=O)/C(C#N)=C\c1cc(C)cc(C)c1. The summed E-state index contributed by atoms with van der Waals surface area (Å²) in [5.41, 5.74) is 3.02. The van der Waals surface area contributed by atoms with Crippen LogP contribution in [-0.2, 0) is 9.53 Å². The zero-order chi connectivity index (χ0) is 12.1. The van der Waals surface area contributed by atoms with Crippen LogP contribution in [0.3, 0.4) is 0 Å². The van der Waals surface area contributed by atoms with Crippen LogP contribution in [0, 0.1) is 25.2 Å². The van der Waals surface area contributed by atoms with Crippen molar-refractivity contribution >= 4 is 12.0 Å². The molecule has 0 heterocycles. The van der Waals surface area contributed by atoms with Crippen molar-refractivity contribution in [3.05, 3.63) is 40.5 Å². The van der Waals surface area contributed by atoms with Crippen molar-refractivity contribution in [1.29, 1.82) is 5.26 Å². The maximum absolute atomic E-state index is 11.2. The van der Waals surface area contributed by atoms with Crippen molar-refractivity contribution in [1.82, 2.24) is 0 Å². The molecule has 0 amide bonds. The Morgan fingerprint density at radius 2 is 1.88 bits per heavy atom. The molecule has 0 radical (unpaired) electrons. The van der Waals surface area contributed by atoms with Gasteiger partial charge in [-0.3, -0.25) is 0 Å². The summed E-state index contributed by atoms with van der Waals surface area (Å²) in [6, 6.07) is 7.68. The number of ether oxygens (including phenoxy) is 1. The maximum atomic E-state index is 11.2. The number of aryl methyl sites for hydroxylation is 2. The first-order valence-electron chi connectivity index (χ1n) is 4.85. The molecule has 16 heavy (non-hydrogen) atoms. The van der Waals surface area contributed by atoms with E-state index in [0.29, 0.717) is 0 Å². The number of esters is 1. The number of benzene rings is 1. The first-order chi connectivity index (χ1) is 7.56. The third-order valence-corrected chi connectivity index (χ3v) is 2.08. The minimum Gasteiger partial charge on any atom is -0.465 e. The van der Waals surface area contributed by atoms with Crippen molar-refractivity contribution in [2.24, 2.45) is 0 Å². The second-order valence-corrected chi connectivity index (χ2v) is 3.58. The third kappa shape index (κ3) is 2.96. The summed E-state index contributed by atoms with van der Waals surface area (Å²) >= 11 is 0. The van der Waals surface area contributed by atoms with Gasteiger partial charge >= 0.3 is 5.97 Å². The molecule has 0 atom stereocenters. The van der Waals surface area contributed by atoms with E-state index in [9.17, 15) is 4.79 Å². The van der Waals surface area contributed by atoms with Crippen molar-refractivity contribution in [3.63, 3.8) is 0 Å². The van der Waals surface area contributed by atoms with Gasteiger partial charge in [-0.25, -0.2) is 4.79 Å². The van der Waals surface area contributed by atoms with Crippen LogP contribution in [-0.4, -0.2) is 13.1 Å². The number of hydrogen-bond acceptors (Lipinski definition) is 3. The van der Waals surface area contributed by atoms with E-state index in [-0.39, 0.29) is 5.57 Å². The number of nitrogens with zero attached hydrogens (tertiary/aromatic N) is 1. The highest BCUT2D eigenvalue weighted by atomic mass is 16.5. The van der Waals surface area contributed by atoms with E-state index >= 15 is 0 Å². The summed E-state index contributed by atoms with van der Waals surface area (Å²) in [6.45, 7) is 3.93. The standard InChI is InChI=1S/C13H13NO2/c1-9-4-10(2)6-11(5-9)7-12(8-14)13(15)16-3/h4-7H,1-3H3/b12-7-. The number of nitriles is 1. The summed E-state index contributed by atoms with van der Waals surface area (Å²) in [7, 11) is 1.26. The van der Waals surface area contributed by atoms with Crippen LogP contribution in [0.1, 0.15) is 16.7 Å². The Morgan fingerprint density at radius 1 is 1.31 bits per heavy atom. The quantitative estimate of drug-likeness (QED) is 0.432. The van der Waals surface area contributed by atoms with Gasteiger partial charge in [0.25, 0.3) is 0 Å². The summed E-state index contributed by atoms with van der Waals surface area (Å²) in [5, 5.41) is 8.81. The smallest absolute Gasteiger partial charge is 0.348 e. The fourth-order valence-corrected chi connectivity index (χ4v) is 1.51. The summed E-state index contributed by atoms with van der Waals surface area (Å²) in [4.78, 5) is 11.2. The van der Waals surface area contributed by atoms with Gasteiger partial charge in [0, 0.05) is 0 Å². The molecule has 0 aliphatic heterocycles. The van der Waals surface area contributed by atoms with E-state index in [1.54, 1.807) is 0 Å². The Morgan fingerprint density at radius 3 is 2.31 bits per heavy atom. The highest BCUT2D eigenvalue weighted by Crippen LogP contribution is 2.13. The Bertz CT molecular complexity index is 461. The molecule has 0 aromatic heterocycles. The van der Waals surface area contributed by atoms with Crippen LogP contribution in [0.2, 0.25) is 0 Å². The molecule has 1 aromatic carbocycles. The molecular formula is C13H13NO2. The lowest BCUT2D eigenvalue weighted by Gasteiger charge is -2.01. The molecular weight excluding hydrogens is 202 g/mol. The molecule has 3 nitrogen and oxygen atoms in total. The Hall–Kier alpha value is -2.08. The van der Waals surface area contributed by atoms with Crippen molar-refractivity contribution in [2.75, 3.05) is 7.11 Å². The highest BCUT2D eigenvalue weighted by Gasteiger charge is 2.08. The molecule has 0 saturated carbocycles. The fraction of sp³-hybridized carbons (Fsp3) is 0.231. The van der Waals surface area contributed by atoms with Gasteiger partial charge in [0.05, 0.1) is 7.11 Å². The molecule has 0 fully saturated rings. The summed E-state index contributed by atoms with van der Waals surface area (Å²) in [5.74, 6) is -0.610. The highest BCUT2D eigenvalue weighted by molar-refractivity contribution is 5.97. The molecule has 0 bridgehead atoms. The molecule has 3 heteroatoms. The van der Waals surface area contributed by atoms with Crippen LogP contribution < -0.4 is 0 Å². The van der Waals surface area contributed by atoms with Gasteiger partial charge in [0.15, 0.2) is 0 Å². The second-order valence-electron chi connectivity index (χ2n) is 3.58. The Balaban J connectivity index is 3.15. The van der Waals surface area contributed by atoms with Crippen molar-refractivity contribution in [2.45, 2.75) is 13.8 Å². The normalized spacial score (nSPS) is 10.8. The summed E-state index contributed by atoms with van der Waals surface area (Å²) < 4.78 is 4.51. The van der Waals surface area contributed by atoms with Gasteiger partial charge in [-0.2, -0.15) is 5.26 Å². The van der Waals surface area contributed by atoms with Crippen LogP contribution in [0.5, 0.6) is 0 Å². The van der Waals surface area contributed by atoms with Crippen molar-refractivity contribution < 1.29 is 9.53 Å². The number of methoxy groups -OCH3 is 1. The zero-order valence-corrected chi connectivity index (χ0v) is 9.57. The first kappa shape index (κ1) is 12.0. The molecule has 1 aromatic rings. The molecule has 0 aliphatic rings. The number of carbonyl (C=O) groups excluding carboxylic acids is 1. The lowest BCUT2D eigenvalue weighted by molar-refractivity contribution is -0.135. The topological polar surface area (TPSA) is 50.1 Å². The number of hydrogen-bond donors (Lipinski definition) is 0. The van der Waals surface area contributed by atoms with E-state index < -0.39 is 5.97 Å². The van der Waals surface area contributed by atoms with Crippen LogP contribution in [0.25, 0.3) is 6.08 Å². The lowest BCUT2D eigenvalue weighted by Crippen LogP contribution is -2.02. The fourth-order valence-electron chi connectivity index (χ4n) is 1.51. The van der Waals surface area contributed by atoms with Gasteiger partial charge in [0.2, 0.25) is 0 Å². The van der Waals surface area contributed by atoms with E-state index in [1.165, 1.54) is 13.2 Å². The Kier molecular flexibility index (Phi) is 3.84. The predicted octanol–water partition coefficient (Wildman–Crippen LogP) is 2.38. The lowest BCUT2D eigenvalue weighted by atomic mass is 10.1. The van der Waals surface area contributed by atoms with E-state index in [0.717, 1.165) is 16.7 Å². The van der Waals surface area contributed by atoms with Gasteiger partial charge in [-0.05, 0) is 25.5 Å². The van der Waals surface area contributed by atoms with Gasteiger partial charge in [-0.15, -0.1) is 0 Å². The van der Waals surface area contributed by atoms with Crippen LogP contribution >= 0.6 is 0 Å². The van der Waals surface area contributed by atoms with Gasteiger partial charge in [0.1, 0.15) is 11.6 Å². The molecule has 0 spiro atoms. The maximum Gasteiger partial charge on any atom is 0.348 e. The number of rotatable bonds is 2. The predicted molar refractivity (Wildman–Crippen MR) is 61.5 cm³/mol. The molecule has 0 unspecified atom stereocenters. The minimum absolute atomic E-state index is 0.00694. The van der Waals surface area contributed by atoms with Crippen molar-refractivity contribution in [3.8, 4) is 6.07 Å². The van der Waals surface area contributed by atoms with Gasteiger partial charge < -0.3 is 4.74 Å². The zero-order valence-electron chi connectivity index (χ0n) is 9.57. The van der Waals surface area contributed by atoms with Gasteiger partial charge in [-0.1, -0.05) is 29.3 Å². The van der Waals surface area contributed by atoms with Crippen LogP contribution in [0.4, 0.5) is 0 Å². The average Bonchev–Trinajstić information content (AvgIpc) is 2.23. The first-order valence-corrected chi connectivity index (χ1v) is 4.85. The molecule has 0 aliphatic carbocycles. The molecule has 0 saturated heterocycles. The molecule has 82 valence electrons. The van der Waals surface area contributed by atoms with Crippen LogP contribution in [0.15, 0.2) is 23.8 Å². The monoisotopic (exact) mass is 215 g/mol. The largest absolute Gasteiger partial charge is 0.465 e. The van der Waals surface area contributed by atoms with E-state index in [2.05, 4.69) is 4.74 Å². The summed E-state index contributed by atoms with van der Waals surface area (Å²) in [6.07, 6.45) is 1.53. The molecule has 0 N–H and O–H groups in total. The van der Waals surface area contributed by atoms with E-state index in [1.807, 2.05) is 38.1 Å². The average molecular weight is 215 g/mol. The van der Waals surface area contributed by atoms with E-state index in [4.69, 9.17) is 5.26 Å². The Labute approximate surface area is 95.0 Å².